The maximum Gasteiger partial charge on any atom is 0.224 e. The monoisotopic (exact) mass is 501 g/mol. The molecule has 188 valence electrons. The second-order valence-electron chi connectivity index (χ2n) is 8.90. The number of hydrogen-bond acceptors (Lipinski definition) is 4. The van der Waals surface area contributed by atoms with Crippen molar-refractivity contribution >= 4 is 5.78 Å². The Kier molecular flexibility index (Phi) is 7.46. The van der Waals surface area contributed by atoms with Crippen LogP contribution in [0.1, 0.15) is 51.9 Å². The van der Waals surface area contributed by atoms with Gasteiger partial charge in [0.15, 0.2) is 17.6 Å². The van der Waals surface area contributed by atoms with Crippen molar-refractivity contribution in [2.75, 3.05) is 0 Å². The lowest BCUT2D eigenvalue weighted by Gasteiger charge is -2.24. The Morgan fingerprint density at radius 2 is 1.03 bits per heavy atom. The molecular formula is C33H27NO4. The minimum atomic E-state index is -0.527. The molecule has 0 spiro atoms. The van der Waals surface area contributed by atoms with E-state index in [2.05, 4.69) is 0 Å². The molecule has 0 aliphatic rings. The number of ether oxygens (including phenoxy) is 1. The van der Waals surface area contributed by atoms with Crippen LogP contribution in [0.3, 0.4) is 0 Å². The highest BCUT2D eigenvalue weighted by molar-refractivity contribution is 5.92. The Hall–Kier alpha value is -4.90. The highest BCUT2D eigenvalue weighted by Gasteiger charge is 2.22. The molecule has 5 heteroatoms. The first kappa shape index (κ1) is 24.8. The normalized spacial score (nSPS) is 10.9. The molecule has 0 saturated carbocycles. The van der Waals surface area contributed by atoms with Gasteiger partial charge < -0.3 is 9.57 Å². The third-order valence-corrected chi connectivity index (χ3v) is 6.22. The molecule has 0 saturated heterocycles. The van der Waals surface area contributed by atoms with Gasteiger partial charge in [-0.2, -0.15) is 4.73 Å². The van der Waals surface area contributed by atoms with Crippen LogP contribution in [0, 0.1) is 0 Å². The predicted molar refractivity (Wildman–Crippen MR) is 147 cm³/mol. The van der Waals surface area contributed by atoms with E-state index in [9.17, 15) is 9.59 Å². The second kappa shape index (κ2) is 11.4. The lowest BCUT2D eigenvalue weighted by atomic mass is 10.0. The zero-order valence-corrected chi connectivity index (χ0v) is 20.9. The third kappa shape index (κ3) is 5.57. The van der Waals surface area contributed by atoms with Gasteiger partial charge in [-0.3, -0.25) is 9.59 Å². The average Bonchev–Trinajstić information content (AvgIpc) is 2.97. The third-order valence-electron chi connectivity index (χ3n) is 6.22. The molecule has 5 aromatic rings. The number of pyridine rings is 1. The van der Waals surface area contributed by atoms with E-state index in [1.807, 2.05) is 121 Å². The quantitative estimate of drug-likeness (QED) is 0.218. The first-order chi connectivity index (χ1) is 18.6. The molecule has 1 aromatic heterocycles. The number of rotatable bonds is 9. The van der Waals surface area contributed by atoms with Crippen LogP contribution in [0.4, 0.5) is 0 Å². The molecule has 1 heterocycles. The Labute approximate surface area is 221 Å². The highest BCUT2D eigenvalue weighted by atomic mass is 16.7. The number of benzene rings is 4. The lowest BCUT2D eigenvalue weighted by molar-refractivity contribution is 0.0499. The van der Waals surface area contributed by atoms with Crippen molar-refractivity contribution in [3.05, 3.63) is 172 Å². The van der Waals surface area contributed by atoms with Gasteiger partial charge in [-0.05, 0) is 22.3 Å². The van der Waals surface area contributed by atoms with Gasteiger partial charge in [-0.15, -0.1) is 0 Å². The number of aromatic nitrogens is 1. The summed E-state index contributed by atoms with van der Waals surface area (Å²) in [5.41, 5.74) is 3.33. The number of ketones is 1. The van der Waals surface area contributed by atoms with E-state index < -0.39 is 17.6 Å². The zero-order valence-electron chi connectivity index (χ0n) is 20.9. The summed E-state index contributed by atoms with van der Waals surface area (Å²) >= 11 is 0. The van der Waals surface area contributed by atoms with Gasteiger partial charge in [0.1, 0.15) is 11.8 Å². The first-order valence-corrected chi connectivity index (χ1v) is 12.4. The molecule has 38 heavy (non-hydrogen) atoms. The molecule has 0 unspecified atom stereocenters. The van der Waals surface area contributed by atoms with Gasteiger partial charge in [0.25, 0.3) is 0 Å². The molecule has 5 rings (SSSR count). The fraction of sp³-hybridized carbons (Fsp3) is 0.0909. The molecule has 0 N–H and O–H groups in total. The smallest absolute Gasteiger partial charge is 0.224 e. The largest absolute Gasteiger partial charge is 0.475 e. The van der Waals surface area contributed by atoms with Gasteiger partial charge in [0, 0.05) is 13.0 Å². The first-order valence-electron chi connectivity index (χ1n) is 12.4. The van der Waals surface area contributed by atoms with Gasteiger partial charge in [0.2, 0.25) is 5.43 Å². The Morgan fingerprint density at radius 1 is 0.632 bits per heavy atom. The Morgan fingerprint density at radius 3 is 1.42 bits per heavy atom. The van der Waals surface area contributed by atoms with Crippen LogP contribution in [0.2, 0.25) is 0 Å². The number of Topliss-reactive ketones (excluding diaryl/α,β-unsaturated/α-hetero) is 1. The van der Waals surface area contributed by atoms with Crippen LogP contribution < -0.4 is 15.0 Å². The summed E-state index contributed by atoms with van der Waals surface area (Å²) in [6, 6.07) is 40.2. The molecule has 0 aliphatic carbocycles. The fourth-order valence-electron chi connectivity index (χ4n) is 4.33. The average molecular weight is 502 g/mol. The molecule has 0 amide bonds. The predicted octanol–water partition coefficient (Wildman–Crippen LogP) is 6.44. The summed E-state index contributed by atoms with van der Waals surface area (Å²) in [6.07, 6.45) is 0.419. The SMILES string of the molecule is CC(=O)c1cc(=O)c(OC(c2ccccc2)c2ccccc2)cn1OC(c1ccccc1)c1ccccc1. The maximum absolute atomic E-state index is 13.2. The molecule has 0 atom stereocenters. The van der Waals surface area contributed by atoms with E-state index in [0.29, 0.717) is 0 Å². The van der Waals surface area contributed by atoms with Crippen molar-refractivity contribution in [1.82, 2.24) is 4.73 Å². The molecule has 4 aromatic carbocycles. The number of carbonyl (C=O) groups is 1. The van der Waals surface area contributed by atoms with E-state index in [0.717, 1.165) is 22.3 Å². The highest BCUT2D eigenvalue weighted by Crippen LogP contribution is 2.28. The molecule has 5 nitrogen and oxygen atoms in total. The molecule has 0 fully saturated rings. The van der Waals surface area contributed by atoms with Crippen LogP contribution in [0.5, 0.6) is 5.75 Å². The Bertz CT molecular complexity index is 1470. The van der Waals surface area contributed by atoms with E-state index in [-0.39, 0.29) is 17.2 Å². The van der Waals surface area contributed by atoms with Crippen molar-refractivity contribution in [2.24, 2.45) is 0 Å². The van der Waals surface area contributed by atoms with Crippen LogP contribution in [0.25, 0.3) is 0 Å². The molecule has 0 aliphatic heterocycles. The standard InChI is InChI=1S/C33H27NO4/c1-24(35)29-22-30(36)31(37-32(25-14-6-2-7-15-25)26-16-8-3-9-17-26)23-34(29)38-33(27-18-10-4-11-19-27)28-20-12-5-13-21-28/h2-23,32-33H,1H3. The van der Waals surface area contributed by atoms with E-state index >= 15 is 0 Å². The van der Waals surface area contributed by atoms with Crippen LogP contribution in [-0.2, 0) is 0 Å². The van der Waals surface area contributed by atoms with Gasteiger partial charge in [-0.25, -0.2) is 0 Å². The second-order valence-corrected chi connectivity index (χ2v) is 8.90. The number of nitrogens with zero attached hydrogens (tertiary/aromatic N) is 1. The summed E-state index contributed by atoms with van der Waals surface area (Å²) in [5.74, 6) is -0.219. The maximum atomic E-state index is 13.2. The topological polar surface area (TPSA) is 57.5 Å². The van der Waals surface area contributed by atoms with Crippen LogP contribution in [-0.4, -0.2) is 10.5 Å². The van der Waals surface area contributed by atoms with Crippen LogP contribution in [0.15, 0.2) is 138 Å². The van der Waals surface area contributed by atoms with E-state index in [1.165, 1.54) is 23.9 Å². The summed E-state index contributed by atoms with van der Waals surface area (Å²) in [4.78, 5) is 32.2. The van der Waals surface area contributed by atoms with E-state index in [4.69, 9.17) is 9.57 Å². The van der Waals surface area contributed by atoms with Crippen molar-refractivity contribution in [1.29, 1.82) is 0 Å². The van der Waals surface area contributed by atoms with Gasteiger partial charge >= 0.3 is 0 Å². The fourth-order valence-corrected chi connectivity index (χ4v) is 4.33. The van der Waals surface area contributed by atoms with Crippen LogP contribution >= 0.6 is 0 Å². The minimum Gasteiger partial charge on any atom is -0.475 e. The molecule has 0 bridgehead atoms. The van der Waals surface area contributed by atoms with Crippen molar-refractivity contribution in [2.45, 2.75) is 19.1 Å². The summed E-state index contributed by atoms with van der Waals surface area (Å²) in [5, 5.41) is 0. The van der Waals surface area contributed by atoms with E-state index in [1.54, 1.807) is 0 Å². The van der Waals surface area contributed by atoms with Gasteiger partial charge in [0.05, 0.1) is 6.20 Å². The lowest BCUT2D eigenvalue weighted by Crippen LogP contribution is -2.27. The van der Waals surface area contributed by atoms with Crippen molar-refractivity contribution < 1.29 is 14.4 Å². The molecular weight excluding hydrogens is 474 g/mol. The van der Waals surface area contributed by atoms with Gasteiger partial charge in [-0.1, -0.05) is 121 Å². The number of hydrogen-bond donors (Lipinski definition) is 0. The van der Waals surface area contributed by atoms with Crippen molar-refractivity contribution in [3.8, 4) is 5.75 Å². The van der Waals surface area contributed by atoms with Crippen molar-refractivity contribution in [3.63, 3.8) is 0 Å². The Balaban J connectivity index is 1.58. The summed E-state index contributed by atoms with van der Waals surface area (Å²) in [7, 11) is 0. The number of carbonyl (C=O) groups excluding carboxylic acids is 1. The summed E-state index contributed by atoms with van der Waals surface area (Å²) < 4.78 is 7.72. The molecule has 0 radical (unpaired) electrons. The minimum absolute atomic E-state index is 0.0765. The summed E-state index contributed by atoms with van der Waals surface area (Å²) in [6.45, 7) is 1.41. The zero-order chi connectivity index (χ0) is 26.3.